The Labute approximate surface area is 137 Å². The van der Waals surface area contributed by atoms with E-state index in [1.807, 2.05) is 0 Å². The van der Waals surface area contributed by atoms with Crippen molar-refractivity contribution in [2.24, 2.45) is 0 Å². The normalized spacial score (nSPS) is 24.3. The molecule has 120 valence electrons. The number of benzene rings is 1. The monoisotopic (exact) mass is 331 g/mol. The lowest BCUT2D eigenvalue weighted by Gasteiger charge is -2.43. The van der Waals surface area contributed by atoms with Crippen LogP contribution in [0.2, 0.25) is 0 Å². The molecule has 7 heteroatoms. The second-order valence-electron chi connectivity index (χ2n) is 6.18. The van der Waals surface area contributed by atoms with E-state index in [0.29, 0.717) is 11.1 Å². The highest BCUT2D eigenvalue weighted by atomic mass is 32.1. The van der Waals surface area contributed by atoms with Gasteiger partial charge in [-0.15, -0.1) is 0 Å². The van der Waals surface area contributed by atoms with Gasteiger partial charge < -0.3 is 19.6 Å². The Bertz CT molecular complexity index is 840. The molecular weight excluding hydrogens is 314 g/mol. The molecule has 2 N–H and O–H groups in total. The smallest absolute Gasteiger partial charge is 0.266 e. The van der Waals surface area contributed by atoms with Gasteiger partial charge in [0.1, 0.15) is 6.54 Å². The van der Waals surface area contributed by atoms with Crippen molar-refractivity contribution in [3.63, 3.8) is 0 Å². The molecule has 4 rings (SSSR count). The number of oxazole rings is 1. The number of aromatic amines is 1. The second kappa shape index (κ2) is 5.49. The van der Waals surface area contributed by atoms with Gasteiger partial charge in [0.15, 0.2) is 5.58 Å². The summed E-state index contributed by atoms with van der Waals surface area (Å²) in [6, 6.07) is 5.38. The van der Waals surface area contributed by atoms with Crippen molar-refractivity contribution in [1.82, 2.24) is 15.2 Å². The molecule has 0 spiro atoms. The maximum atomic E-state index is 12.9. The molecule has 2 aliphatic rings. The third-order valence-electron chi connectivity index (χ3n) is 4.72. The maximum absolute atomic E-state index is 12.9. The van der Waals surface area contributed by atoms with Gasteiger partial charge in [-0.05, 0) is 43.3 Å². The molecule has 2 heterocycles. The molecule has 0 unspecified atom stereocenters. The molecule has 0 bridgehead atoms. The van der Waals surface area contributed by atoms with Crippen molar-refractivity contribution in [2.45, 2.75) is 37.8 Å². The highest BCUT2D eigenvalue weighted by molar-refractivity contribution is 7.71. The SMILES string of the molecule is O=C1CN(C(=O)c2ccc3[nH]c(=S)oc3c2)[C@@H]2CCCC[C@@H]2N1. The zero-order valence-electron chi connectivity index (χ0n) is 12.5. The number of hydrogen-bond acceptors (Lipinski definition) is 4. The van der Waals surface area contributed by atoms with Gasteiger partial charge in [0.05, 0.1) is 11.6 Å². The number of piperazine rings is 1. The van der Waals surface area contributed by atoms with Gasteiger partial charge in [-0.1, -0.05) is 12.8 Å². The van der Waals surface area contributed by atoms with Crippen LogP contribution < -0.4 is 5.32 Å². The van der Waals surface area contributed by atoms with Gasteiger partial charge in [-0.2, -0.15) is 0 Å². The van der Waals surface area contributed by atoms with Gasteiger partial charge in [0.25, 0.3) is 10.7 Å². The Morgan fingerprint density at radius 1 is 1.30 bits per heavy atom. The van der Waals surface area contributed by atoms with Gasteiger partial charge in [0, 0.05) is 11.6 Å². The summed E-state index contributed by atoms with van der Waals surface area (Å²) in [5.74, 6) is -0.206. The summed E-state index contributed by atoms with van der Waals surface area (Å²) >= 11 is 4.97. The Morgan fingerprint density at radius 3 is 3.00 bits per heavy atom. The van der Waals surface area contributed by atoms with Crippen molar-refractivity contribution < 1.29 is 14.0 Å². The number of rotatable bonds is 1. The summed E-state index contributed by atoms with van der Waals surface area (Å²) in [6.07, 6.45) is 4.06. The standard InChI is InChI=1S/C16H17N3O3S/c20-14-8-19(12-4-2-1-3-10(12)17-14)15(21)9-5-6-11-13(7-9)22-16(23)18-11/h5-7,10,12H,1-4,8H2,(H,17,20)(H,18,23)/t10-,12+/m0/s1. The molecule has 0 radical (unpaired) electrons. The van der Waals surface area contributed by atoms with Crippen LogP contribution in [0, 0.1) is 4.84 Å². The first-order chi connectivity index (χ1) is 11.1. The molecule has 6 nitrogen and oxygen atoms in total. The first-order valence-electron chi connectivity index (χ1n) is 7.85. The fourth-order valence-electron chi connectivity index (χ4n) is 3.64. The highest BCUT2D eigenvalue weighted by Gasteiger charge is 2.39. The largest absolute Gasteiger partial charge is 0.429 e. The van der Waals surface area contributed by atoms with Crippen molar-refractivity contribution in [1.29, 1.82) is 0 Å². The quantitative estimate of drug-likeness (QED) is 0.787. The van der Waals surface area contributed by atoms with Crippen molar-refractivity contribution >= 4 is 35.1 Å². The predicted octanol–water partition coefficient (Wildman–Crippen LogP) is 2.37. The van der Waals surface area contributed by atoms with Gasteiger partial charge in [-0.3, -0.25) is 9.59 Å². The third-order valence-corrected chi connectivity index (χ3v) is 4.90. The van der Waals surface area contributed by atoms with E-state index in [2.05, 4.69) is 10.3 Å². The number of hydrogen-bond donors (Lipinski definition) is 2. The first-order valence-corrected chi connectivity index (χ1v) is 8.26. The van der Waals surface area contributed by atoms with Crippen LogP contribution in [0.1, 0.15) is 36.0 Å². The number of H-pyrrole nitrogens is 1. The fraction of sp³-hybridized carbons (Fsp3) is 0.438. The Balaban J connectivity index is 1.67. The third kappa shape index (κ3) is 2.55. The molecule has 2 amide bonds. The highest BCUT2D eigenvalue weighted by Crippen LogP contribution is 2.27. The van der Waals surface area contributed by atoms with Crippen molar-refractivity contribution in [3.8, 4) is 0 Å². The molecule has 1 saturated carbocycles. The summed E-state index contributed by atoms with van der Waals surface area (Å²) < 4.78 is 5.38. The summed E-state index contributed by atoms with van der Waals surface area (Å²) in [4.78, 5) is 29.8. The van der Waals surface area contributed by atoms with Crippen LogP contribution in [-0.4, -0.2) is 40.3 Å². The number of aromatic nitrogens is 1. The minimum Gasteiger partial charge on any atom is -0.429 e. The number of carbonyl (C=O) groups is 2. The van der Waals surface area contributed by atoms with Crippen LogP contribution in [-0.2, 0) is 4.79 Å². The van der Waals surface area contributed by atoms with Crippen LogP contribution in [0.15, 0.2) is 22.6 Å². The zero-order valence-corrected chi connectivity index (χ0v) is 13.3. The summed E-state index contributed by atoms with van der Waals surface area (Å²) in [5, 5.41) is 3.02. The molecule has 1 aromatic carbocycles. The molecule has 23 heavy (non-hydrogen) atoms. The summed E-state index contributed by atoms with van der Waals surface area (Å²) in [5.41, 5.74) is 1.84. The van der Waals surface area contributed by atoms with Crippen LogP contribution in [0.25, 0.3) is 11.1 Å². The van der Waals surface area contributed by atoms with E-state index in [0.717, 1.165) is 31.2 Å². The number of nitrogens with one attached hydrogen (secondary N) is 2. The Morgan fingerprint density at radius 2 is 2.13 bits per heavy atom. The minimum atomic E-state index is -0.124. The Hall–Kier alpha value is -2.15. The first kappa shape index (κ1) is 14.4. The van der Waals surface area contributed by atoms with Crippen LogP contribution >= 0.6 is 12.2 Å². The summed E-state index contributed by atoms with van der Waals surface area (Å²) in [7, 11) is 0. The van der Waals surface area contributed by atoms with E-state index in [1.165, 1.54) is 0 Å². The number of fused-ring (bicyclic) bond motifs is 2. The second-order valence-corrected chi connectivity index (χ2v) is 6.56. The average molecular weight is 331 g/mol. The minimum absolute atomic E-state index is 0.0777. The van der Waals surface area contributed by atoms with Gasteiger partial charge in [-0.25, -0.2) is 0 Å². The number of carbonyl (C=O) groups excluding carboxylic acids is 2. The van der Waals surface area contributed by atoms with Crippen LogP contribution in [0.3, 0.4) is 0 Å². The lowest BCUT2D eigenvalue weighted by Crippen LogP contribution is -2.62. The number of amides is 2. The maximum Gasteiger partial charge on any atom is 0.266 e. The Kier molecular flexibility index (Phi) is 3.45. The van der Waals surface area contributed by atoms with Gasteiger partial charge >= 0.3 is 0 Å². The molecule has 1 aliphatic carbocycles. The van der Waals surface area contributed by atoms with Gasteiger partial charge in [0.2, 0.25) is 5.91 Å². The molecular formula is C16H17N3O3S. The molecule has 1 saturated heterocycles. The molecule has 2 fully saturated rings. The zero-order chi connectivity index (χ0) is 16.0. The van der Waals surface area contributed by atoms with Crippen LogP contribution in [0.5, 0.6) is 0 Å². The van der Waals surface area contributed by atoms with E-state index < -0.39 is 0 Å². The van der Waals surface area contributed by atoms with E-state index in [9.17, 15) is 9.59 Å². The van der Waals surface area contributed by atoms with Crippen LogP contribution in [0.4, 0.5) is 0 Å². The lowest BCUT2D eigenvalue weighted by atomic mass is 9.87. The van der Waals surface area contributed by atoms with Crippen molar-refractivity contribution in [2.75, 3.05) is 6.54 Å². The number of nitrogens with zero attached hydrogens (tertiary/aromatic N) is 1. The van der Waals surface area contributed by atoms with E-state index in [1.54, 1.807) is 23.1 Å². The molecule has 1 aromatic heterocycles. The topological polar surface area (TPSA) is 78.3 Å². The molecule has 2 aromatic rings. The summed E-state index contributed by atoms with van der Waals surface area (Å²) in [6.45, 7) is 0.120. The fourth-order valence-corrected chi connectivity index (χ4v) is 3.84. The predicted molar refractivity (Wildman–Crippen MR) is 86.6 cm³/mol. The van der Waals surface area contributed by atoms with E-state index in [4.69, 9.17) is 16.6 Å². The lowest BCUT2D eigenvalue weighted by molar-refractivity contribution is -0.127. The van der Waals surface area contributed by atoms with Crippen molar-refractivity contribution in [3.05, 3.63) is 28.6 Å². The average Bonchev–Trinajstić information content (AvgIpc) is 2.92. The van der Waals surface area contributed by atoms with E-state index in [-0.39, 0.29) is 35.3 Å². The molecule has 2 atom stereocenters. The molecule has 1 aliphatic heterocycles. The van der Waals surface area contributed by atoms with E-state index >= 15 is 0 Å².